The van der Waals surface area contributed by atoms with Crippen LogP contribution in [-0.4, -0.2) is 37.8 Å². The molecule has 0 saturated heterocycles. The van der Waals surface area contributed by atoms with E-state index in [0.717, 1.165) is 0 Å². The van der Waals surface area contributed by atoms with Gasteiger partial charge in [0.05, 0.1) is 24.9 Å². The monoisotopic (exact) mass is 365 g/mol. The number of carbonyl (C=O) groups excluding carboxylic acids is 1. The SMILES string of the molecule is COc1cccc(OCC(=O)Nc2cc(OC)c(C(=O)O)cc2Cl)c1. The molecule has 0 bridgehead atoms. The summed E-state index contributed by atoms with van der Waals surface area (Å²) in [6, 6.07) is 9.37. The lowest BCUT2D eigenvalue weighted by Gasteiger charge is -2.12. The molecule has 0 aliphatic heterocycles. The Morgan fingerprint density at radius 1 is 1.12 bits per heavy atom. The first kappa shape index (κ1) is 18.4. The van der Waals surface area contributed by atoms with E-state index in [-0.39, 0.29) is 28.6 Å². The summed E-state index contributed by atoms with van der Waals surface area (Å²) < 4.78 is 15.5. The van der Waals surface area contributed by atoms with Gasteiger partial charge in [-0.1, -0.05) is 17.7 Å². The van der Waals surface area contributed by atoms with Gasteiger partial charge in [0.15, 0.2) is 6.61 Å². The maximum Gasteiger partial charge on any atom is 0.339 e. The number of carbonyl (C=O) groups is 2. The maximum atomic E-state index is 12.0. The molecule has 0 radical (unpaired) electrons. The van der Waals surface area contributed by atoms with Gasteiger partial charge in [-0.25, -0.2) is 4.79 Å². The molecule has 2 N–H and O–H groups in total. The van der Waals surface area contributed by atoms with Gasteiger partial charge in [-0.3, -0.25) is 4.79 Å². The summed E-state index contributed by atoms with van der Waals surface area (Å²) in [5, 5.41) is 11.7. The quantitative estimate of drug-likeness (QED) is 0.783. The minimum Gasteiger partial charge on any atom is -0.497 e. The Labute approximate surface area is 149 Å². The second kappa shape index (κ2) is 8.25. The van der Waals surface area contributed by atoms with Crippen molar-refractivity contribution in [1.82, 2.24) is 0 Å². The van der Waals surface area contributed by atoms with E-state index in [9.17, 15) is 9.59 Å². The minimum atomic E-state index is -1.18. The molecule has 0 aliphatic rings. The minimum absolute atomic E-state index is 0.0768. The summed E-state index contributed by atoms with van der Waals surface area (Å²) in [6.45, 7) is -0.257. The molecule has 0 aromatic heterocycles. The summed E-state index contributed by atoms with van der Waals surface area (Å²) >= 11 is 6.01. The van der Waals surface area contributed by atoms with Gasteiger partial charge in [-0.05, 0) is 18.2 Å². The number of ether oxygens (including phenoxy) is 3. The van der Waals surface area contributed by atoms with E-state index in [4.69, 9.17) is 30.9 Å². The van der Waals surface area contributed by atoms with Crippen molar-refractivity contribution in [3.8, 4) is 17.2 Å². The number of anilines is 1. The summed E-state index contributed by atoms with van der Waals surface area (Å²) in [7, 11) is 2.86. The third-order valence-corrected chi connectivity index (χ3v) is 3.52. The molecule has 1 amide bonds. The van der Waals surface area contributed by atoms with Gasteiger partial charge in [0.2, 0.25) is 0 Å². The number of methoxy groups -OCH3 is 2. The fourth-order valence-electron chi connectivity index (χ4n) is 2.01. The van der Waals surface area contributed by atoms with Gasteiger partial charge < -0.3 is 24.6 Å². The van der Waals surface area contributed by atoms with E-state index in [1.165, 1.54) is 26.4 Å². The molecule has 0 spiro atoms. The lowest BCUT2D eigenvalue weighted by atomic mass is 10.2. The predicted octanol–water partition coefficient (Wildman–Crippen LogP) is 3.07. The Balaban J connectivity index is 2.06. The van der Waals surface area contributed by atoms with Gasteiger partial charge in [-0.15, -0.1) is 0 Å². The highest BCUT2D eigenvalue weighted by atomic mass is 35.5. The zero-order chi connectivity index (χ0) is 18.4. The van der Waals surface area contributed by atoms with Crippen LogP contribution >= 0.6 is 11.6 Å². The van der Waals surface area contributed by atoms with Crippen LogP contribution in [0.2, 0.25) is 5.02 Å². The van der Waals surface area contributed by atoms with E-state index in [0.29, 0.717) is 11.5 Å². The Morgan fingerprint density at radius 3 is 2.48 bits per heavy atom. The Morgan fingerprint density at radius 2 is 1.84 bits per heavy atom. The summed E-state index contributed by atoms with van der Waals surface area (Å²) in [5.74, 6) is -0.483. The number of carboxylic acids is 1. The first-order valence-corrected chi connectivity index (χ1v) is 7.50. The highest BCUT2D eigenvalue weighted by Gasteiger charge is 2.16. The summed E-state index contributed by atoms with van der Waals surface area (Å²) in [6.07, 6.45) is 0. The molecule has 0 atom stereocenters. The molecule has 0 aliphatic carbocycles. The summed E-state index contributed by atoms with van der Waals surface area (Å²) in [5.41, 5.74) is 0.126. The lowest BCUT2D eigenvalue weighted by Crippen LogP contribution is -2.20. The first-order valence-electron chi connectivity index (χ1n) is 7.12. The van der Waals surface area contributed by atoms with Crippen molar-refractivity contribution in [3.05, 3.63) is 47.0 Å². The van der Waals surface area contributed by atoms with Crippen LogP contribution in [0.5, 0.6) is 17.2 Å². The number of benzene rings is 2. The lowest BCUT2D eigenvalue weighted by molar-refractivity contribution is -0.118. The highest BCUT2D eigenvalue weighted by Crippen LogP contribution is 2.31. The van der Waals surface area contributed by atoms with E-state index in [2.05, 4.69) is 5.32 Å². The Kier molecular flexibility index (Phi) is 6.08. The number of carboxylic acid groups (broad SMARTS) is 1. The van der Waals surface area contributed by atoms with Crippen molar-refractivity contribution in [3.63, 3.8) is 0 Å². The van der Waals surface area contributed by atoms with Crippen LogP contribution in [0.3, 0.4) is 0 Å². The number of nitrogens with one attached hydrogen (secondary N) is 1. The van der Waals surface area contributed by atoms with Crippen molar-refractivity contribution in [2.24, 2.45) is 0 Å². The first-order chi connectivity index (χ1) is 11.9. The molecule has 0 fully saturated rings. The molecular weight excluding hydrogens is 350 g/mol. The molecular formula is C17H16ClNO6. The van der Waals surface area contributed by atoms with Crippen LogP contribution in [0.1, 0.15) is 10.4 Å². The summed E-state index contributed by atoms with van der Waals surface area (Å²) in [4.78, 5) is 23.1. The molecule has 8 heteroatoms. The van der Waals surface area contributed by atoms with Crippen LogP contribution in [0, 0.1) is 0 Å². The van der Waals surface area contributed by atoms with E-state index >= 15 is 0 Å². The van der Waals surface area contributed by atoms with Crippen LogP contribution in [-0.2, 0) is 4.79 Å². The number of halogens is 1. The predicted molar refractivity (Wildman–Crippen MR) is 92.1 cm³/mol. The number of aromatic carboxylic acids is 1. The van der Waals surface area contributed by atoms with E-state index < -0.39 is 11.9 Å². The second-order valence-corrected chi connectivity index (χ2v) is 5.26. The van der Waals surface area contributed by atoms with Crippen LogP contribution in [0.15, 0.2) is 36.4 Å². The van der Waals surface area contributed by atoms with Crippen LogP contribution < -0.4 is 19.5 Å². The highest BCUT2D eigenvalue weighted by molar-refractivity contribution is 6.34. The molecule has 132 valence electrons. The van der Waals surface area contributed by atoms with E-state index in [1.807, 2.05) is 0 Å². The normalized spacial score (nSPS) is 10.0. The van der Waals surface area contributed by atoms with Crippen LogP contribution in [0.4, 0.5) is 5.69 Å². The molecule has 0 unspecified atom stereocenters. The molecule has 25 heavy (non-hydrogen) atoms. The van der Waals surface area contributed by atoms with Gasteiger partial charge in [0.1, 0.15) is 22.8 Å². The molecule has 0 saturated carbocycles. The molecule has 7 nitrogen and oxygen atoms in total. The van der Waals surface area contributed by atoms with Crippen molar-refractivity contribution in [2.75, 3.05) is 26.1 Å². The van der Waals surface area contributed by atoms with Crippen molar-refractivity contribution < 1.29 is 28.9 Å². The average Bonchev–Trinajstić information content (AvgIpc) is 2.61. The largest absolute Gasteiger partial charge is 0.497 e. The Hall–Kier alpha value is -2.93. The third-order valence-electron chi connectivity index (χ3n) is 3.20. The van der Waals surface area contributed by atoms with Gasteiger partial charge in [-0.2, -0.15) is 0 Å². The smallest absolute Gasteiger partial charge is 0.339 e. The fraction of sp³-hybridized carbons (Fsp3) is 0.176. The molecule has 2 rings (SSSR count). The number of rotatable bonds is 7. The second-order valence-electron chi connectivity index (χ2n) is 4.85. The number of hydrogen-bond donors (Lipinski definition) is 2. The fourth-order valence-corrected chi connectivity index (χ4v) is 2.22. The topological polar surface area (TPSA) is 94.1 Å². The molecule has 2 aromatic carbocycles. The van der Waals surface area contributed by atoms with Gasteiger partial charge in [0, 0.05) is 12.1 Å². The van der Waals surface area contributed by atoms with Crippen molar-refractivity contribution in [1.29, 1.82) is 0 Å². The van der Waals surface area contributed by atoms with E-state index in [1.54, 1.807) is 24.3 Å². The number of amides is 1. The number of hydrogen-bond acceptors (Lipinski definition) is 5. The third kappa shape index (κ3) is 4.77. The molecule has 0 heterocycles. The zero-order valence-electron chi connectivity index (χ0n) is 13.5. The van der Waals surface area contributed by atoms with Crippen LogP contribution in [0.25, 0.3) is 0 Å². The molecule has 2 aromatic rings. The van der Waals surface area contributed by atoms with Gasteiger partial charge >= 0.3 is 5.97 Å². The maximum absolute atomic E-state index is 12.0. The standard InChI is InChI=1S/C17H16ClNO6/c1-23-10-4-3-5-11(6-10)25-9-16(20)19-14-8-15(24-2)12(17(21)22)7-13(14)18/h3-8H,9H2,1-2H3,(H,19,20)(H,21,22). The van der Waals surface area contributed by atoms with Crippen molar-refractivity contribution >= 4 is 29.2 Å². The average molecular weight is 366 g/mol. The van der Waals surface area contributed by atoms with Crippen molar-refractivity contribution in [2.45, 2.75) is 0 Å². The van der Waals surface area contributed by atoms with Gasteiger partial charge in [0.25, 0.3) is 5.91 Å². The zero-order valence-corrected chi connectivity index (χ0v) is 14.3. The Bertz CT molecular complexity index is 793.